The van der Waals surface area contributed by atoms with Crippen LogP contribution >= 0.6 is 0 Å². The fourth-order valence-corrected chi connectivity index (χ4v) is 2.20. The Hall–Kier alpha value is -1.92. The topological polar surface area (TPSA) is 69.7 Å². The lowest BCUT2D eigenvalue weighted by Gasteiger charge is -2.39. The average Bonchev–Trinajstić information content (AvgIpc) is 2.45. The predicted octanol–water partition coefficient (Wildman–Crippen LogP) is 1.54. The number of aldehydes is 1. The molecule has 1 aliphatic heterocycles. The summed E-state index contributed by atoms with van der Waals surface area (Å²) in [6.07, 6.45) is -1.16. The summed E-state index contributed by atoms with van der Waals surface area (Å²) in [4.78, 5) is 34.8. The normalized spacial score (nSPS) is 24.3. The molecule has 1 aromatic rings. The number of carbonyl (C=O) groups excluding carboxylic acids is 3. The third kappa shape index (κ3) is 3.22. The summed E-state index contributed by atoms with van der Waals surface area (Å²) in [6.45, 7) is 3.02. The van der Waals surface area contributed by atoms with Gasteiger partial charge in [-0.05, 0) is 26.0 Å². The number of Topliss-reactive ketones (excluding diaryl/α,β-unsaturated/α-hetero) is 2. The maximum absolute atomic E-state index is 13.7. The maximum atomic E-state index is 13.7. The Bertz CT molecular complexity index is 581. The number of carbonyl (C=O) groups is 3. The van der Waals surface area contributed by atoms with Crippen molar-refractivity contribution in [2.24, 2.45) is 5.92 Å². The smallest absolute Gasteiger partial charge is 0.224 e. The monoisotopic (exact) mass is 294 g/mol. The highest BCUT2D eigenvalue weighted by Gasteiger charge is 2.44. The van der Waals surface area contributed by atoms with E-state index in [0.29, 0.717) is 0 Å². The second-order valence-corrected chi connectivity index (χ2v) is 5.22. The molecular weight excluding hydrogens is 279 g/mol. The quantitative estimate of drug-likeness (QED) is 0.478. The third-order valence-electron chi connectivity index (χ3n) is 3.26. The molecule has 0 bridgehead atoms. The van der Waals surface area contributed by atoms with Crippen molar-refractivity contribution in [1.82, 2.24) is 0 Å². The zero-order valence-corrected chi connectivity index (χ0v) is 11.7. The van der Waals surface area contributed by atoms with Crippen LogP contribution in [0.3, 0.4) is 0 Å². The largest absolute Gasteiger partial charge is 0.350 e. The first-order chi connectivity index (χ1) is 9.85. The van der Waals surface area contributed by atoms with Gasteiger partial charge < -0.3 is 9.47 Å². The zero-order chi connectivity index (χ0) is 15.6. The number of benzene rings is 1. The van der Waals surface area contributed by atoms with Crippen LogP contribution in [0.25, 0.3) is 0 Å². The predicted molar refractivity (Wildman–Crippen MR) is 70.2 cm³/mol. The van der Waals surface area contributed by atoms with Gasteiger partial charge >= 0.3 is 0 Å². The first-order valence-electron chi connectivity index (χ1n) is 6.45. The Morgan fingerprint density at radius 3 is 2.62 bits per heavy atom. The van der Waals surface area contributed by atoms with Crippen molar-refractivity contribution in [3.8, 4) is 0 Å². The molecule has 0 N–H and O–H groups in total. The molecule has 0 amide bonds. The standard InChI is InChI=1S/C15H15FO5/c1-15(2)20-8-10(14(21-15)12(18)7-17)13(19)9-5-3-4-6-11(9)16/h3-7,10,14H,8H2,1-2H3. The molecule has 6 heteroatoms. The van der Waals surface area contributed by atoms with Gasteiger partial charge in [-0.3, -0.25) is 14.4 Å². The Balaban J connectivity index is 2.32. The highest BCUT2D eigenvalue weighted by molar-refractivity contribution is 6.28. The van der Waals surface area contributed by atoms with Crippen LogP contribution < -0.4 is 0 Å². The van der Waals surface area contributed by atoms with E-state index in [1.807, 2.05) is 0 Å². The van der Waals surface area contributed by atoms with Gasteiger partial charge in [-0.2, -0.15) is 0 Å². The summed E-state index contributed by atoms with van der Waals surface area (Å²) in [5, 5.41) is 0. The molecule has 2 unspecified atom stereocenters. The molecule has 1 aliphatic rings. The lowest BCUT2D eigenvalue weighted by atomic mass is 9.89. The van der Waals surface area contributed by atoms with Crippen LogP contribution in [0.1, 0.15) is 24.2 Å². The van der Waals surface area contributed by atoms with Gasteiger partial charge in [0.2, 0.25) is 5.78 Å². The lowest BCUT2D eigenvalue weighted by molar-refractivity contribution is -0.277. The molecule has 1 aromatic carbocycles. The van der Waals surface area contributed by atoms with E-state index in [0.717, 1.165) is 6.07 Å². The second-order valence-electron chi connectivity index (χ2n) is 5.22. The van der Waals surface area contributed by atoms with E-state index in [1.54, 1.807) is 13.8 Å². The molecule has 0 saturated carbocycles. The Morgan fingerprint density at radius 1 is 1.33 bits per heavy atom. The molecule has 1 heterocycles. The van der Waals surface area contributed by atoms with E-state index in [9.17, 15) is 18.8 Å². The molecular formula is C15H15FO5. The van der Waals surface area contributed by atoms with Gasteiger partial charge in [0.25, 0.3) is 0 Å². The number of hydrogen-bond acceptors (Lipinski definition) is 5. The third-order valence-corrected chi connectivity index (χ3v) is 3.26. The van der Waals surface area contributed by atoms with E-state index >= 15 is 0 Å². The molecule has 0 spiro atoms. The van der Waals surface area contributed by atoms with Gasteiger partial charge in [0.05, 0.1) is 18.1 Å². The molecule has 2 atom stereocenters. The van der Waals surface area contributed by atoms with E-state index < -0.39 is 35.2 Å². The number of ketones is 2. The van der Waals surface area contributed by atoms with Crippen molar-refractivity contribution in [2.75, 3.05) is 6.61 Å². The lowest BCUT2D eigenvalue weighted by Crippen LogP contribution is -2.52. The fourth-order valence-electron chi connectivity index (χ4n) is 2.20. The fraction of sp³-hybridized carbons (Fsp3) is 0.400. The van der Waals surface area contributed by atoms with Gasteiger partial charge in [-0.25, -0.2) is 4.39 Å². The van der Waals surface area contributed by atoms with E-state index in [2.05, 4.69) is 0 Å². The minimum absolute atomic E-state index is 0.105. The summed E-state index contributed by atoms with van der Waals surface area (Å²) >= 11 is 0. The minimum atomic E-state index is -1.27. The Labute approximate surface area is 121 Å². The minimum Gasteiger partial charge on any atom is -0.350 e. The van der Waals surface area contributed by atoms with Crippen LogP contribution in [0.4, 0.5) is 4.39 Å². The van der Waals surface area contributed by atoms with Crippen LogP contribution in [0.5, 0.6) is 0 Å². The maximum Gasteiger partial charge on any atom is 0.224 e. The van der Waals surface area contributed by atoms with Gasteiger partial charge in [0.15, 0.2) is 17.9 Å². The van der Waals surface area contributed by atoms with Crippen molar-refractivity contribution in [1.29, 1.82) is 0 Å². The van der Waals surface area contributed by atoms with Crippen molar-refractivity contribution in [2.45, 2.75) is 25.7 Å². The summed E-state index contributed by atoms with van der Waals surface area (Å²) in [5.41, 5.74) is -0.155. The highest BCUT2D eigenvalue weighted by Crippen LogP contribution is 2.29. The summed E-state index contributed by atoms with van der Waals surface area (Å²) in [5.74, 6) is -4.31. The molecule has 112 valence electrons. The van der Waals surface area contributed by atoms with E-state index in [-0.39, 0.29) is 18.5 Å². The molecule has 0 aromatic heterocycles. The van der Waals surface area contributed by atoms with Gasteiger partial charge in [0, 0.05) is 0 Å². The van der Waals surface area contributed by atoms with Gasteiger partial charge in [-0.15, -0.1) is 0 Å². The van der Waals surface area contributed by atoms with E-state index in [4.69, 9.17) is 9.47 Å². The van der Waals surface area contributed by atoms with Crippen LogP contribution in [0.15, 0.2) is 24.3 Å². The van der Waals surface area contributed by atoms with Crippen molar-refractivity contribution >= 4 is 17.9 Å². The van der Waals surface area contributed by atoms with Crippen molar-refractivity contribution in [3.63, 3.8) is 0 Å². The van der Waals surface area contributed by atoms with E-state index in [1.165, 1.54) is 18.2 Å². The first-order valence-corrected chi connectivity index (χ1v) is 6.45. The number of halogens is 1. The molecule has 0 aliphatic carbocycles. The summed E-state index contributed by atoms with van der Waals surface area (Å²) in [7, 11) is 0. The molecule has 5 nitrogen and oxygen atoms in total. The second kappa shape index (κ2) is 5.83. The average molecular weight is 294 g/mol. The Kier molecular flexibility index (Phi) is 4.29. The van der Waals surface area contributed by atoms with Crippen molar-refractivity contribution in [3.05, 3.63) is 35.6 Å². The van der Waals surface area contributed by atoms with Crippen molar-refractivity contribution < 1.29 is 28.2 Å². The van der Waals surface area contributed by atoms with Gasteiger partial charge in [-0.1, -0.05) is 12.1 Å². The number of ether oxygens (including phenoxy) is 2. The molecule has 1 fully saturated rings. The number of hydrogen-bond donors (Lipinski definition) is 0. The molecule has 21 heavy (non-hydrogen) atoms. The molecule has 0 radical (unpaired) electrons. The van der Waals surface area contributed by atoms with Gasteiger partial charge in [0.1, 0.15) is 11.9 Å². The summed E-state index contributed by atoms with van der Waals surface area (Å²) in [6, 6.07) is 5.44. The number of rotatable bonds is 4. The Morgan fingerprint density at radius 2 is 2.00 bits per heavy atom. The van der Waals surface area contributed by atoms with Crippen LogP contribution in [0.2, 0.25) is 0 Å². The molecule has 2 rings (SSSR count). The van der Waals surface area contributed by atoms with Crippen LogP contribution in [0, 0.1) is 11.7 Å². The van der Waals surface area contributed by atoms with Crippen LogP contribution in [-0.2, 0) is 19.1 Å². The summed E-state index contributed by atoms with van der Waals surface area (Å²) < 4.78 is 24.4. The van der Waals surface area contributed by atoms with Crippen LogP contribution in [-0.4, -0.2) is 36.4 Å². The highest BCUT2D eigenvalue weighted by atomic mass is 19.1. The molecule has 1 saturated heterocycles. The zero-order valence-electron chi connectivity index (χ0n) is 11.7. The SMILES string of the molecule is CC1(C)OCC(C(=O)c2ccccc2F)C(C(=O)C=O)O1. The first kappa shape index (κ1) is 15.5.